The van der Waals surface area contributed by atoms with E-state index < -0.39 is 0 Å². The van der Waals surface area contributed by atoms with Crippen molar-refractivity contribution in [1.82, 2.24) is 5.32 Å². The molecule has 2 saturated heterocycles. The van der Waals surface area contributed by atoms with E-state index in [9.17, 15) is 0 Å². The van der Waals surface area contributed by atoms with Crippen LogP contribution in [0.5, 0.6) is 0 Å². The molecule has 2 aliphatic rings. The van der Waals surface area contributed by atoms with Crippen molar-refractivity contribution in [2.24, 2.45) is 0 Å². The summed E-state index contributed by atoms with van der Waals surface area (Å²) in [6.07, 6.45) is 5.21. The number of halogens is 1. The van der Waals surface area contributed by atoms with Crippen LogP contribution in [-0.4, -0.2) is 12.1 Å². The molecular formula is C13H15BrN. The Balaban J connectivity index is 1.80. The van der Waals surface area contributed by atoms with Crippen molar-refractivity contribution in [1.29, 1.82) is 0 Å². The molecule has 1 aromatic carbocycles. The van der Waals surface area contributed by atoms with Gasteiger partial charge in [-0.1, -0.05) is 28.1 Å². The Morgan fingerprint density at radius 1 is 1.00 bits per heavy atom. The molecule has 79 valence electrons. The van der Waals surface area contributed by atoms with Gasteiger partial charge in [-0.3, -0.25) is 0 Å². The number of nitrogens with zero attached hydrogens (tertiary/aromatic N) is 1. The largest absolute Gasteiger partial charge is 0.235 e. The van der Waals surface area contributed by atoms with Crippen molar-refractivity contribution in [3.8, 4) is 0 Å². The van der Waals surface area contributed by atoms with Crippen LogP contribution in [0.2, 0.25) is 0 Å². The van der Waals surface area contributed by atoms with Gasteiger partial charge in [-0.15, -0.1) is 0 Å². The molecule has 3 rings (SSSR count). The fraction of sp³-hybridized carbons (Fsp3) is 0.538. The molecule has 0 amide bonds. The van der Waals surface area contributed by atoms with Gasteiger partial charge >= 0.3 is 0 Å². The van der Waals surface area contributed by atoms with Crippen LogP contribution in [0.25, 0.3) is 0 Å². The summed E-state index contributed by atoms with van der Waals surface area (Å²) >= 11 is 3.49. The minimum absolute atomic E-state index is 0.664. The molecule has 15 heavy (non-hydrogen) atoms. The summed E-state index contributed by atoms with van der Waals surface area (Å²) in [6.45, 7) is 0. The van der Waals surface area contributed by atoms with Gasteiger partial charge < -0.3 is 0 Å². The molecule has 2 bridgehead atoms. The second-order valence-electron chi connectivity index (χ2n) is 4.75. The van der Waals surface area contributed by atoms with Gasteiger partial charge in [0.1, 0.15) is 0 Å². The molecule has 0 saturated carbocycles. The second-order valence-corrected chi connectivity index (χ2v) is 5.67. The van der Waals surface area contributed by atoms with Gasteiger partial charge in [0.2, 0.25) is 0 Å². The minimum atomic E-state index is 0.664. The van der Waals surface area contributed by atoms with Gasteiger partial charge in [-0.2, -0.15) is 0 Å². The second kappa shape index (κ2) is 3.91. The molecule has 1 aromatic rings. The molecule has 0 aliphatic carbocycles. The summed E-state index contributed by atoms with van der Waals surface area (Å²) in [4.78, 5) is 0. The van der Waals surface area contributed by atoms with Crippen molar-refractivity contribution in [3.63, 3.8) is 0 Å². The van der Waals surface area contributed by atoms with Gasteiger partial charge in [0.15, 0.2) is 0 Å². The predicted molar refractivity (Wildman–Crippen MR) is 65.1 cm³/mol. The van der Waals surface area contributed by atoms with Crippen LogP contribution in [-0.2, 0) is 0 Å². The first kappa shape index (κ1) is 9.86. The Hall–Kier alpha value is -0.340. The molecule has 2 fully saturated rings. The molecular weight excluding hydrogens is 250 g/mol. The number of benzene rings is 1. The molecule has 0 N–H and O–H groups in total. The molecule has 1 nitrogen and oxygen atoms in total. The van der Waals surface area contributed by atoms with Crippen molar-refractivity contribution >= 4 is 15.9 Å². The molecule has 0 spiro atoms. The number of hydrogen-bond acceptors (Lipinski definition) is 0. The summed E-state index contributed by atoms with van der Waals surface area (Å²) in [7, 11) is 0. The zero-order valence-electron chi connectivity index (χ0n) is 8.70. The Morgan fingerprint density at radius 2 is 1.60 bits per heavy atom. The van der Waals surface area contributed by atoms with E-state index in [4.69, 9.17) is 5.32 Å². The van der Waals surface area contributed by atoms with Crippen molar-refractivity contribution < 1.29 is 0 Å². The third kappa shape index (κ3) is 1.98. The van der Waals surface area contributed by atoms with Crippen LogP contribution in [0.4, 0.5) is 0 Å². The minimum Gasteiger partial charge on any atom is -0.235 e. The predicted octanol–water partition coefficient (Wildman–Crippen LogP) is 3.46. The van der Waals surface area contributed by atoms with E-state index >= 15 is 0 Å². The third-order valence-electron chi connectivity index (χ3n) is 3.71. The lowest BCUT2D eigenvalue weighted by molar-refractivity contribution is 0.356. The molecule has 2 atom stereocenters. The molecule has 0 aromatic heterocycles. The summed E-state index contributed by atoms with van der Waals surface area (Å²) in [5.41, 5.74) is 1.50. The maximum Gasteiger partial charge on any atom is 0.0255 e. The van der Waals surface area contributed by atoms with Gasteiger partial charge in [0.25, 0.3) is 0 Å². The molecule has 2 heterocycles. The van der Waals surface area contributed by atoms with Crippen LogP contribution < -0.4 is 5.32 Å². The van der Waals surface area contributed by atoms with Crippen LogP contribution in [0.3, 0.4) is 0 Å². The van der Waals surface area contributed by atoms with Crippen molar-refractivity contribution in [2.45, 2.75) is 43.7 Å². The van der Waals surface area contributed by atoms with E-state index in [0.29, 0.717) is 12.1 Å². The summed E-state index contributed by atoms with van der Waals surface area (Å²) in [5.74, 6) is 0.757. The van der Waals surface area contributed by atoms with E-state index in [2.05, 4.69) is 40.2 Å². The SMILES string of the molecule is Brc1ccc(C2CC3CCC(C2)[N]3)cc1. The van der Waals surface area contributed by atoms with E-state index in [-0.39, 0.29) is 0 Å². The zero-order chi connectivity index (χ0) is 10.3. The third-order valence-corrected chi connectivity index (χ3v) is 4.24. The van der Waals surface area contributed by atoms with Gasteiger partial charge in [0.05, 0.1) is 0 Å². The number of fused-ring (bicyclic) bond motifs is 2. The normalized spacial score (nSPS) is 34.3. The summed E-state index contributed by atoms with van der Waals surface area (Å²) in [5, 5.41) is 4.78. The highest BCUT2D eigenvalue weighted by Gasteiger charge is 2.35. The fourth-order valence-corrected chi connectivity index (χ4v) is 3.21. The molecule has 2 aliphatic heterocycles. The first-order valence-electron chi connectivity index (χ1n) is 5.76. The lowest BCUT2D eigenvalue weighted by Gasteiger charge is -2.27. The first-order chi connectivity index (χ1) is 7.31. The highest BCUT2D eigenvalue weighted by molar-refractivity contribution is 9.10. The monoisotopic (exact) mass is 264 g/mol. The highest BCUT2D eigenvalue weighted by Crippen LogP contribution is 2.38. The van der Waals surface area contributed by atoms with Crippen molar-refractivity contribution in [3.05, 3.63) is 34.3 Å². The lowest BCUT2D eigenvalue weighted by Crippen LogP contribution is -2.31. The summed E-state index contributed by atoms with van der Waals surface area (Å²) < 4.78 is 1.18. The van der Waals surface area contributed by atoms with Gasteiger partial charge in [-0.25, -0.2) is 5.32 Å². The highest BCUT2D eigenvalue weighted by atomic mass is 79.9. The molecule has 1 radical (unpaired) electrons. The lowest BCUT2D eigenvalue weighted by atomic mass is 9.86. The number of rotatable bonds is 1. The van der Waals surface area contributed by atoms with E-state index in [1.807, 2.05) is 0 Å². The van der Waals surface area contributed by atoms with E-state index in [0.717, 1.165) is 5.92 Å². The number of piperidine rings is 1. The van der Waals surface area contributed by atoms with Crippen LogP contribution in [0, 0.1) is 0 Å². The van der Waals surface area contributed by atoms with E-state index in [1.54, 1.807) is 0 Å². The number of hydrogen-bond donors (Lipinski definition) is 0. The van der Waals surface area contributed by atoms with E-state index in [1.165, 1.54) is 35.7 Å². The van der Waals surface area contributed by atoms with Crippen LogP contribution in [0.1, 0.15) is 37.2 Å². The first-order valence-corrected chi connectivity index (χ1v) is 6.56. The molecule has 2 heteroatoms. The summed E-state index contributed by atoms with van der Waals surface area (Å²) in [6, 6.07) is 10.2. The van der Waals surface area contributed by atoms with Gasteiger partial charge in [-0.05, 0) is 49.3 Å². The van der Waals surface area contributed by atoms with Crippen LogP contribution >= 0.6 is 15.9 Å². The fourth-order valence-electron chi connectivity index (χ4n) is 2.95. The smallest absolute Gasteiger partial charge is 0.0255 e. The van der Waals surface area contributed by atoms with Crippen LogP contribution in [0.15, 0.2) is 28.7 Å². The maximum atomic E-state index is 4.78. The standard InChI is InChI=1S/C13H15BrN/c14-11-3-1-9(2-4-11)10-7-12-5-6-13(8-10)15-12/h1-4,10,12-13H,5-8H2. The molecule has 2 unspecified atom stereocenters. The Kier molecular flexibility index (Phi) is 2.57. The Bertz CT molecular complexity index is 334. The zero-order valence-corrected chi connectivity index (χ0v) is 10.3. The quantitative estimate of drug-likeness (QED) is 0.738. The average Bonchev–Trinajstić information content (AvgIpc) is 2.59. The van der Waals surface area contributed by atoms with Crippen molar-refractivity contribution in [2.75, 3.05) is 0 Å². The Labute approximate surface area is 99.4 Å². The Morgan fingerprint density at radius 3 is 2.20 bits per heavy atom. The average molecular weight is 265 g/mol. The van der Waals surface area contributed by atoms with Gasteiger partial charge in [0, 0.05) is 16.6 Å². The maximum absolute atomic E-state index is 4.78. The topological polar surface area (TPSA) is 14.1 Å².